The molecule has 0 unspecified atom stereocenters. The van der Waals surface area contributed by atoms with Crippen LogP contribution in [0.1, 0.15) is 28.1 Å². The fourth-order valence-corrected chi connectivity index (χ4v) is 3.85. The first-order valence-corrected chi connectivity index (χ1v) is 10.4. The van der Waals surface area contributed by atoms with Crippen LogP contribution in [0, 0.1) is 20.8 Å². The molecule has 4 nitrogen and oxygen atoms in total. The maximum Gasteiger partial charge on any atom is 0.191 e. The van der Waals surface area contributed by atoms with Crippen molar-refractivity contribution in [1.29, 1.82) is 0 Å². The van der Waals surface area contributed by atoms with Gasteiger partial charge < -0.3 is 4.74 Å². The van der Waals surface area contributed by atoms with Crippen molar-refractivity contribution < 1.29 is 4.74 Å². The number of halogens is 1. The number of ether oxygens (including phenoxy) is 1. The minimum absolute atomic E-state index is 0.340. The average molecular weight is 414 g/mol. The maximum atomic E-state index is 6.23. The van der Waals surface area contributed by atoms with Crippen LogP contribution in [0.5, 0.6) is 5.75 Å². The van der Waals surface area contributed by atoms with Gasteiger partial charge in [0, 0.05) is 17.3 Å². The second-order valence-corrected chi connectivity index (χ2v) is 8.05. The molecule has 2 aromatic carbocycles. The molecule has 0 atom stereocenters. The molecule has 1 heterocycles. The Morgan fingerprint density at radius 2 is 1.79 bits per heavy atom. The lowest BCUT2D eigenvalue weighted by Gasteiger charge is -2.11. The Morgan fingerprint density at radius 3 is 2.43 bits per heavy atom. The molecule has 1 aromatic heterocycles. The van der Waals surface area contributed by atoms with Crippen molar-refractivity contribution in [3.05, 3.63) is 82.2 Å². The first-order valence-electron chi connectivity index (χ1n) is 9.08. The Balaban J connectivity index is 1.71. The molecule has 3 aromatic rings. The molecule has 3 rings (SSSR count). The Kier molecular flexibility index (Phi) is 6.81. The van der Waals surface area contributed by atoms with Crippen molar-refractivity contribution in [3.8, 4) is 5.75 Å². The van der Waals surface area contributed by atoms with Crippen molar-refractivity contribution in [2.24, 2.45) is 0 Å². The molecule has 28 heavy (non-hydrogen) atoms. The van der Waals surface area contributed by atoms with Gasteiger partial charge in [0.25, 0.3) is 0 Å². The normalized spacial score (nSPS) is 10.9. The molecular formula is C22H24ClN3OS. The summed E-state index contributed by atoms with van der Waals surface area (Å²) in [6.07, 6.45) is 1.85. The number of rotatable bonds is 8. The van der Waals surface area contributed by atoms with Crippen LogP contribution in [0.25, 0.3) is 0 Å². The van der Waals surface area contributed by atoms with Gasteiger partial charge in [-0.05, 0) is 49.6 Å². The zero-order chi connectivity index (χ0) is 20.1. The van der Waals surface area contributed by atoms with Gasteiger partial charge in [-0.1, -0.05) is 59.3 Å². The second kappa shape index (κ2) is 9.30. The summed E-state index contributed by atoms with van der Waals surface area (Å²) in [7, 11) is 0. The first kappa shape index (κ1) is 20.5. The van der Waals surface area contributed by atoms with E-state index < -0.39 is 0 Å². The van der Waals surface area contributed by atoms with Crippen LogP contribution < -0.4 is 4.74 Å². The van der Waals surface area contributed by atoms with Gasteiger partial charge in [0.1, 0.15) is 12.4 Å². The molecule has 0 N–H and O–H groups in total. The second-order valence-electron chi connectivity index (χ2n) is 6.73. The number of aryl methyl sites for hydroxylation is 3. The van der Waals surface area contributed by atoms with E-state index in [9.17, 15) is 0 Å². The molecule has 0 aliphatic rings. The highest BCUT2D eigenvalue weighted by molar-refractivity contribution is 7.98. The van der Waals surface area contributed by atoms with Gasteiger partial charge in [-0.3, -0.25) is 4.57 Å². The monoisotopic (exact) mass is 413 g/mol. The molecule has 0 saturated carbocycles. The summed E-state index contributed by atoms with van der Waals surface area (Å²) in [6.45, 7) is 10.9. The van der Waals surface area contributed by atoms with Gasteiger partial charge in [-0.25, -0.2) is 0 Å². The van der Waals surface area contributed by atoms with Gasteiger partial charge >= 0.3 is 0 Å². The van der Waals surface area contributed by atoms with Crippen LogP contribution in [0.2, 0.25) is 5.02 Å². The third-order valence-corrected chi connectivity index (χ3v) is 6.01. The average Bonchev–Trinajstić information content (AvgIpc) is 3.06. The van der Waals surface area contributed by atoms with E-state index in [1.54, 1.807) is 11.8 Å². The molecule has 0 spiro atoms. The van der Waals surface area contributed by atoms with E-state index in [1.165, 1.54) is 11.1 Å². The fraction of sp³-hybridized carbons (Fsp3) is 0.273. The van der Waals surface area contributed by atoms with Crippen molar-refractivity contribution in [2.45, 2.75) is 44.8 Å². The number of thioether (sulfide) groups is 1. The summed E-state index contributed by atoms with van der Waals surface area (Å²) in [6, 6.07) is 12.4. The Bertz CT molecular complexity index is 943. The molecule has 146 valence electrons. The number of nitrogens with zero attached hydrogens (tertiary/aromatic N) is 3. The van der Waals surface area contributed by atoms with Crippen LogP contribution >= 0.6 is 23.4 Å². The summed E-state index contributed by atoms with van der Waals surface area (Å²) in [5.41, 5.74) is 4.52. The molecule has 0 amide bonds. The molecule has 0 fully saturated rings. The summed E-state index contributed by atoms with van der Waals surface area (Å²) in [5.74, 6) is 2.39. The lowest BCUT2D eigenvalue weighted by molar-refractivity contribution is 0.289. The van der Waals surface area contributed by atoms with Crippen LogP contribution in [0.3, 0.4) is 0 Å². The summed E-state index contributed by atoms with van der Waals surface area (Å²) in [4.78, 5) is 0. The van der Waals surface area contributed by atoms with E-state index in [0.717, 1.165) is 38.6 Å². The van der Waals surface area contributed by atoms with E-state index in [2.05, 4.69) is 48.0 Å². The number of benzene rings is 2. The van der Waals surface area contributed by atoms with E-state index >= 15 is 0 Å². The van der Waals surface area contributed by atoms with Crippen molar-refractivity contribution >= 4 is 23.4 Å². The number of hydrogen-bond acceptors (Lipinski definition) is 4. The van der Waals surface area contributed by atoms with Crippen molar-refractivity contribution in [3.63, 3.8) is 0 Å². The number of hydrogen-bond donors (Lipinski definition) is 0. The predicted molar refractivity (Wildman–Crippen MR) is 116 cm³/mol. The minimum atomic E-state index is 0.340. The van der Waals surface area contributed by atoms with E-state index in [0.29, 0.717) is 13.2 Å². The fourth-order valence-electron chi connectivity index (χ4n) is 2.81. The van der Waals surface area contributed by atoms with Gasteiger partial charge in [-0.15, -0.1) is 16.8 Å². The third kappa shape index (κ3) is 4.97. The summed E-state index contributed by atoms with van der Waals surface area (Å²) < 4.78 is 8.00. The highest BCUT2D eigenvalue weighted by Gasteiger charge is 2.13. The molecule has 6 heteroatoms. The smallest absolute Gasteiger partial charge is 0.191 e. The SMILES string of the molecule is C=CCn1c(COc2cc(C)c(Cl)c(C)c2)nnc1SCc1ccc(C)cc1. The highest BCUT2D eigenvalue weighted by Crippen LogP contribution is 2.27. The van der Waals surface area contributed by atoms with Gasteiger partial charge in [0.05, 0.1) is 0 Å². The van der Waals surface area contributed by atoms with Crippen LogP contribution in [0.4, 0.5) is 0 Å². The third-order valence-electron chi connectivity index (χ3n) is 4.37. The molecule has 0 aliphatic carbocycles. The van der Waals surface area contributed by atoms with E-state index in [1.807, 2.05) is 36.6 Å². The molecular weight excluding hydrogens is 390 g/mol. The van der Waals surface area contributed by atoms with Gasteiger partial charge in [0.2, 0.25) is 0 Å². The Labute approximate surface area is 175 Å². The predicted octanol–water partition coefficient (Wildman–Crippen LogP) is 5.91. The summed E-state index contributed by atoms with van der Waals surface area (Å²) >= 11 is 7.90. The van der Waals surface area contributed by atoms with E-state index in [-0.39, 0.29) is 0 Å². The first-order chi connectivity index (χ1) is 13.5. The lowest BCUT2D eigenvalue weighted by Crippen LogP contribution is -2.07. The lowest BCUT2D eigenvalue weighted by atomic mass is 10.1. The quantitative estimate of drug-likeness (QED) is 0.339. The minimum Gasteiger partial charge on any atom is -0.486 e. The number of aromatic nitrogens is 3. The van der Waals surface area contributed by atoms with Crippen LogP contribution in [0.15, 0.2) is 54.2 Å². The number of allylic oxidation sites excluding steroid dienone is 1. The van der Waals surface area contributed by atoms with Crippen LogP contribution in [-0.2, 0) is 18.9 Å². The standard InChI is InChI=1S/C22H24ClN3OS/c1-5-10-26-20(13-27-19-11-16(3)21(23)17(4)12-19)24-25-22(26)28-14-18-8-6-15(2)7-9-18/h5-9,11-12H,1,10,13-14H2,2-4H3. The Morgan fingerprint density at radius 1 is 1.11 bits per heavy atom. The Hall–Kier alpha value is -2.24. The molecule has 0 radical (unpaired) electrons. The zero-order valence-corrected chi connectivity index (χ0v) is 18.0. The summed E-state index contributed by atoms with van der Waals surface area (Å²) in [5, 5.41) is 10.3. The largest absolute Gasteiger partial charge is 0.486 e. The van der Waals surface area contributed by atoms with Crippen molar-refractivity contribution in [1.82, 2.24) is 14.8 Å². The zero-order valence-electron chi connectivity index (χ0n) is 16.4. The van der Waals surface area contributed by atoms with Crippen LogP contribution in [-0.4, -0.2) is 14.8 Å². The van der Waals surface area contributed by atoms with Crippen molar-refractivity contribution in [2.75, 3.05) is 0 Å². The maximum absolute atomic E-state index is 6.23. The molecule has 0 saturated heterocycles. The highest BCUT2D eigenvalue weighted by atomic mass is 35.5. The van der Waals surface area contributed by atoms with Gasteiger partial charge in [0.15, 0.2) is 11.0 Å². The van der Waals surface area contributed by atoms with E-state index in [4.69, 9.17) is 16.3 Å². The topological polar surface area (TPSA) is 39.9 Å². The molecule has 0 aliphatic heterocycles. The molecule has 0 bridgehead atoms. The van der Waals surface area contributed by atoms with Gasteiger partial charge in [-0.2, -0.15) is 0 Å².